The van der Waals surface area contributed by atoms with Gasteiger partial charge in [-0.05, 0) is 69.4 Å². The number of fused-ring (bicyclic) bond motifs is 1. The number of aryl methyl sites for hydroxylation is 1. The number of nitrogens with zero attached hydrogens (tertiary/aromatic N) is 3. The lowest BCUT2D eigenvalue weighted by atomic mass is 10.2. The molecule has 0 saturated heterocycles. The minimum absolute atomic E-state index is 0.0503. The summed E-state index contributed by atoms with van der Waals surface area (Å²) in [6.45, 7) is 2.99. The van der Waals surface area contributed by atoms with E-state index in [-0.39, 0.29) is 29.4 Å². The van der Waals surface area contributed by atoms with Crippen molar-refractivity contribution in [3.8, 4) is 0 Å². The monoisotopic (exact) mass is 497 g/mol. The van der Waals surface area contributed by atoms with Gasteiger partial charge in [0.05, 0.1) is 20.9 Å². The van der Waals surface area contributed by atoms with Gasteiger partial charge in [0.25, 0.3) is 0 Å². The van der Waals surface area contributed by atoms with Crippen molar-refractivity contribution < 1.29 is 17.6 Å². The number of benzene rings is 2. The molecular weight excluding hydrogens is 473 g/mol. The van der Waals surface area contributed by atoms with Gasteiger partial charge in [0, 0.05) is 24.5 Å². The van der Waals surface area contributed by atoms with Gasteiger partial charge in [0.1, 0.15) is 5.82 Å². The second-order valence-corrected chi connectivity index (χ2v) is 11.3. The zero-order valence-corrected chi connectivity index (χ0v) is 20.5. The van der Waals surface area contributed by atoms with Gasteiger partial charge in [-0.1, -0.05) is 22.9 Å². The Hall–Kier alpha value is -2.07. The minimum atomic E-state index is -3.59. The predicted octanol–water partition coefficient (Wildman–Crippen LogP) is 4.55. The van der Waals surface area contributed by atoms with Gasteiger partial charge in [0.15, 0.2) is 15.0 Å². The van der Waals surface area contributed by atoms with E-state index in [2.05, 4.69) is 4.98 Å². The molecule has 0 spiro atoms. The molecule has 0 unspecified atom stereocenters. The molecule has 0 radical (unpaired) electrons. The van der Waals surface area contributed by atoms with E-state index >= 15 is 0 Å². The number of aromatic nitrogens is 1. The normalized spacial score (nSPS) is 11.9. The van der Waals surface area contributed by atoms with Crippen molar-refractivity contribution in [3.63, 3.8) is 0 Å². The summed E-state index contributed by atoms with van der Waals surface area (Å²) in [5.41, 5.74) is 1.73. The lowest BCUT2D eigenvalue weighted by Crippen LogP contribution is -2.36. The summed E-state index contributed by atoms with van der Waals surface area (Å²) in [5.74, 6) is -0.882. The highest BCUT2D eigenvalue weighted by atomic mass is 35.5. The Bertz CT molecular complexity index is 1210. The third-order valence-electron chi connectivity index (χ3n) is 4.92. The predicted molar refractivity (Wildman–Crippen MR) is 128 cm³/mol. The first-order chi connectivity index (χ1) is 15.1. The van der Waals surface area contributed by atoms with Crippen LogP contribution in [0.3, 0.4) is 0 Å². The molecule has 3 aromatic rings. The van der Waals surface area contributed by atoms with E-state index in [0.29, 0.717) is 23.2 Å². The van der Waals surface area contributed by atoms with Crippen LogP contribution in [0.1, 0.15) is 18.4 Å². The van der Waals surface area contributed by atoms with Crippen LogP contribution in [0.25, 0.3) is 10.2 Å². The summed E-state index contributed by atoms with van der Waals surface area (Å²) >= 11 is 7.55. The lowest BCUT2D eigenvalue weighted by molar-refractivity contribution is -0.118. The van der Waals surface area contributed by atoms with Crippen LogP contribution >= 0.6 is 22.9 Å². The Labute approximate surface area is 196 Å². The number of sulfone groups is 1. The molecule has 1 heterocycles. The summed E-state index contributed by atoms with van der Waals surface area (Å²) in [4.78, 5) is 21.3. The molecule has 0 saturated carbocycles. The number of anilines is 1. The number of rotatable bonds is 9. The molecule has 0 bridgehead atoms. The summed E-state index contributed by atoms with van der Waals surface area (Å²) in [6.07, 6.45) is 0.219. The number of hydrogen-bond acceptors (Lipinski definition) is 6. The van der Waals surface area contributed by atoms with E-state index in [0.717, 1.165) is 27.9 Å². The largest absolute Gasteiger partial charge is 0.308 e. The molecule has 2 aromatic carbocycles. The average Bonchev–Trinajstić information content (AvgIpc) is 3.12. The van der Waals surface area contributed by atoms with Crippen molar-refractivity contribution in [1.82, 2.24) is 9.88 Å². The second-order valence-electron chi connectivity index (χ2n) is 7.79. The molecule has 172 valence electrons. The molecule has 32 heavy (non-hydrogen) atoms. The molecule has 1 amide bonds. The minimum Gasteiger partial charge on any atom is -0.308 e. The first-order valence-corrected chi connectivity index (χ1v) is 12.9. The Balaban J connectivity index is 1.75. The number of halogens is 2. The molecule has 0 aliphatic rings. The van der Waals surface area contributed by atoms with E-state index in [1.54, 1.807) is 4.90 Å². The van der Waals surface area contributed by atoms with Gasteiger partial charge in [-0.2, -0.15) is 0 Å². The Kier molecular flexibility index (Phi) is 7.87. The van der Waals surface area contributed by atoms with Crippen molar-refractivity contribution in [1.29, 1.82) is 0 Å². The van der Waals surface area contributed by atoms with Crippen LogP contribution in [0.2, 0.25) is 5.02 Å². The Morgan fingerprint density at radius 1 is 1.16 bits per heavy atom. The number of amides is 1. The van der Waals surface area contributed by atoms with E-state index in [1.165, 1.54) is 23.5 Å². The maximum atomic E-state index is 13.1. The Morgan fingerprint density at radius 3 is 2.50 bits per heavy atom. The first-order valence-electron chi connectivity index (χ1n) is 10.1. The molecular formula is C22H25ClFN3O3S2. The third kappa shape index (κ3) is 6.04. The fourth-order valence-electron chi connectivity index (χ4n) is 3.19. The number of carbonyl (C=O) groups is 1. The maximum Gasteiger partial charge on any atom is 0.228 e. The molecule has 10 heteroatoms. The zero-order valence-electron chi connectivity index (χ0n) is 18.1. The SMILES string of the molecule is Cc1cc(Cl)cc2sc(N(CCN(C)C)C(=O)CCCS(=O)(=O)c3ccc(F)cc3)nc12. The van der Waals surface area contributed by atoms with Crippen LogP contribution in [-0.4, -0.2) is 57.1 Å². The van der Waals surface area contributed by atoms with Crippen LogP contribution in [0.4, 0.5) is 9.52 Å². The van der Waals surface area contributed by atoms with Crippen LogP contribution in [0.5, 0.6) is 0 Å². The van der Waals surface area contributed by atoms with E-state index in [1.807, 2.05) is 38.1 Å². The van der Waals surface area contributed by atoms with Crippen LogP contribution in [-0.2, 0) is 14.6 Å². The van der Waals surface area contributed by atoms with Crippen molar-refractivity contribution in [2.45, 2.75) is 24.7 Å². The third-order valence-corrected chi connectivity index (χ3v) is 7.98. The number of carbonyl (C=O) groups excluding carboxylic acids is 1. The second kappa shape index (κ2) is 10.2. The number of hydrogen-bond donors (Lipinski definition) is 0. The molecule has 0 N–H and O–H groups in total. The summed E-state index contributed by atoms with van der Waals surface area (Å²) in [5, 5.41) is 1.18. The van der Waals surface area contributed by atoms with Crippen molar-refractivity contribution >= 4 is 54.0 Å². The fourth-order valence-corrected chi connectivity index (χ4v) is 5.97. The zero-order chi connectivity index (χ0) is 23.5. The van der Waals surface area contributed by atoms with E-state index < -0.39 is 15.7 Å². The van der Waals surface area contributed by atoms with Crippen LogP contribution in [0.15, 0.2) is 41.3 Å². The number of likely N-dealkylation sites (N-methyl/N-ethyl adjacent to an activating group) is 1. The summed E-state index contributed by atoms with van der Waals surface area (Å²) < 4.78 is 38.9. The van der Waals surface area contributed by atoms with Gasteiger partial charge < -0.3 is 4.90 Å². The van der Waals surface area contributed by atoms with Gasteiger partial charge in [-0.15, -0.1) is 0 Å². The molecule has 0 aliphatic heterocycles. The molecule has 1 aromatic heterocycles. The molecule has 0 atom stereocenters. The van der Waals surface area contributed by atoms with Gasteiger partial charge in [-0.25, -0.2) is 17.8 Å². The topological polar surface area (TPSA) is 70.6 Å². The van der Waals surface area contributed by atoms with Crippen molar-refractivity contribution in [3.05, 3.63) is 52.8 Å². The Morgan fingerprint density at radius 2 is 1.84 bits per heavy atom. The maximum absolute atomic E-state index is 13.1. The van der Waals surface area contributed by atoms with Crippen LogP contribution in [0, 0.1) is 12.7 Å². The molecule has 0 fully saturated rings. The lowest BCUT2D eigenvalue weighted by Gasteiger charge is -2.22. The highest BCUT2D eigenvalue weighted by molar-refractivity contribution is 7.91. The van der Waals surface area contributed by atoms with E-state index in [9.17, 15) is 17.6 Å². The first kappa shape index (κ1) is 24.6. The standard InChI is InChI=1S/C22H25ClFN3O3S2/c1-15-13-16(23)14-19-21(15)25-22(31-19)27(11-10-26(2)3)20(28)5-4-12-32(29,30)18-8-6-17(24)7-9-18/h6-9,13-14H,4-5,10-12H2,1-3H3. The molecule has 0 aliphatic carbocycles. The molecule has 6 nitrogen and oxygen atoms in total. The highest BCUT2D eigenvalue weighted by Crippen LogP contribution is 2.33. The molecule has 3 rings (SSSR count). The van der Waals surface area contributed by atoms with Gasteiger partial charge in [0.2, 0.25) is 5.91 Å². The summed E-state index contributed by atoms with van der Waals surface area (Å²) in [6, 6.07) is 8.37. The van der Waals surface area contributed by atoms with Crippen molar-refractivity contribution in [2.75, 3.05) is 37.8 Å². The van der Waals surface area contributed by atoms with Gasteiger partial charge in [-0.3, -0.25) is 9.69 Å². The average molecular weight is 498 g/mol. The van der Waals surface area contributed by atoms with E-state index in [4.69, 9.17) is 11.6 Å². The van der Waals surface area contributed by atoms with Crippen LogP contribution < -0.4 is 4.90 Å². The number of thiazole rings is 1. The quantitative estimate of drug-likeness (QED) is 0.406. The summed E-state index contributed by atoms with van der Waals surface area (Å²) in [7, 11) is 0.241. The fraction of sp³-hybridized carbons (Fsp3) is 0.364. The van der Waals surface area contributed by atoms with Gasteiger partial charge >= 0.3 is 0 Å². The highest BCUT2D eigenvalue weighted by Gasteiger charge is 2.22. The van der Waals surface area contributed by atoms with Crippen molar-refractivity contribution in [2.24, 2.45) is 0 Å². The smallest absolute Gasteiger partial charge is 0.228 e.